The number of aromatic nitrogens is 2. The molecule has 7 nitrogen and oxygen atoms in total. The number of anilines is 1. The summed E-state index contributed by atoms with van der Waals surface area (Å²) in [5, 5.41) is 4.44. The van der Waals surface area contributed by atoms with Gasteiger partial charge in [0, 0.05) is 5.56 Å². The van der Waals surface area contributed by atoms with E-state index in [-0.39, 0.29) is 5.91 Å². The zero-order valence-electron chi connectivity index (χ0n) is 17.8. The summed E-state index contributed by atoms with van der Waals surface area (Å²) in [6.07, 6.45) is 0. The summed E-state index contributed by atoms with van der Waals surface area (Å²) in [7, 11) is 0. The van der Waals surface area contributed by atoms with Crippen molar-refractivity contribution in [1.82, 2.24) is 9.97 Å². The number of carbonyl (C=O) groups is 1. The van der Waals surface area contributed by atoms with E-state index in [0.29, 0.717) is 47.8 Å². The summed E-state index contributed by atoms with van der Waals surface area (Å²) in [4.78, 5) is 22.1. The van der Waals surface area contributed by atoms with Gasteiger partial charge in [-0.1, -0.05) is 11.3 Å². The fraction of sp³-hybridized carbons (Fsp3) is 0.318. The molecule has 31 heavy (non-hydrogen) atoms. The Bertz CT molecular complexity index is 1220. The highest BCUT2D eigenvalue weighted by Gasteiger charge is 2.20. The van der Waals surface area contributed by atoms with Crippen LogP contribution in [0.1, 0.15) is 36.1 Å². The summed E-state index contributed by atoms with van der Waals surface area (Å²) in [6, 6.07) is 7.23. The standard InChI is InChI=1S/C22H23N3O4S2/c1-5-27-16-10-13(11-17(28-6-2)18(16)29-7-3)21(26)25-22-24-15-9-8-14-19(20(15)31-22)30-12(4)23-14/h8-11H,5-7H2,1-4H3,(H,24,25,26). The van der Waals surface area contributed by atoms with Gasteiger partial charge in [-0.3, -0.25) is 10.1 Å². The lowest BCUT2D eigenvalue weighted by Crippen LogP contribution is -2.13. The first-order valence-corrected chi connectivity index (χ1v) is 11.7. The Hall–Kier alpha value is -2.91. The van der Waals surface area contributed by atoms with Gasteiger partial charge in [0.2, 0.25) is 5.75 Å². The van der Waals surface area contributed by atoms with Crippen LogP contribution in [0, 0.1) is 6.92 Å². The van der Waals surface area contributed by atoms with Gasteiger partial charge in [-0.25, -0.2) is 9.97 Å². The molecule has 0 bridgehead atoms. The van der Waals surface area contributed by atoms with E-state index in [1.54, 1.807) is 23.5 Å². The van der Waals surface area contributed by atoms with Crippen LogP contribution in [0.3, 0.4) is 0 Å². The molecule has 0 aliphatic carbocycles. The van der Waals surface area contributed by atoms with Crippen LogP contribution in [0.2, 0.25) is 0 Å². The Balaban J connectivity index is 1.68. The van der Waals surface area contributed by atoms with E-state index in [0.717, 1.165) is 25.4 Å². The first-order chi connectivity index (χ1) is 15.0. The molecule has 0 aliphatic heterocycles. The molecule has 2 heterocycles. The lowest BCUT2D eigenvalue weighted by molar-refractivity contribution is 0.102. The topological polar surface area (TPSA) is 82.6 Å². The van der Waals surface area contributed by atoms with Gasteiger partial charge in [-0.2, -0.15) is 0 Å². The van der Waals surface area contributed by atoms with Crippen LogP contribution in [-0.2, 0) is 0 Å². The van der Waals surface area contributed by atoms with E-state index in [9.17, 15) is 4.79 Å². The van der Waals surface area contributed by atoms with Crippen LogP contribution in [0.25, 0.3) is 20.4 Å². The Labute approximate surface area is 188 Å². The zero-order chi connectivity index (χ0) is 22.0. The predicted octanol–water partition coefficient (Wildman–Crippen LogP) is 5.66. The average molecular weight is 458 g/mol. The number of thiazole rings is 2. The Kier molecular flexibility index (Phi) is 6.24. The van der Waals surface area contributed by atoms with Crippen molar-refractivity contribution in [2.45, 2.75) is 27.7 Å². The molecule has 4 aromatic rings. The fourth-order valence-corrected chi connectivity index (χ4v) is 5.23. The zero-order valence-corrected chi connectivity index (χ0v) is 19.4. The minimum Gasteiger partial charge on any atom is -0.490 e. The van der Waals surface area contributed by atoms with Crippen LogP contribution < -0.4 is 19.5 Å². The van der Waals surface area contributed by atoms with Crippen molar-refractivity contribution in [3.63, 3.8) is 0 Å². The summed E-state index contributed by atoms with van der Waals surface area (Å²) in [5.74, 6) is 1.17. The molecule has 9 heteroatoms. The number of fused-ring (bicyclic) bond motifs is 3. The van der Waals surface area contributed by atoms with Crippen LogP contribution in [-0.4, -0.2) is 35.7 Å². The van der Waals surface area contributed by atoms with Gasteiger partial charge in [0.05, 0.1) is 45.3 Å². The maximum atomic E-state index is 13.0. The highest BCUT2D eigenvalue weighted by atomic mass is 32.1. The summed E-state index contributed by atoms with van der Waals surface area (Å²) < 4.78 is 19.2. The van der Waals surface area contributed by atoms with Gasteiger partial charge in [0.25, 0.3) is 5.91 Å². The smallest absolute Gasteiger partial charge is 0.257 e. The molecule has 0 radical (unpaired) electrons. The molecule has 2 aromatic heterocycles. The molecule has 162 valence electrons. The maximum Gasteiger partial charge on any atom is 0.257 e. The molecule has 0 atom stereocenters. The minimum absolute atomic E-state index is 0.291. The molecule has 0 aliphatic rings. The van der Waals surface area contributed by atoms with Crippen molar-refractivity contribution in [2.24, 2.45) is 0 Å². The van der Waals surface area contributed by atoms with Gasteiger partial charge in [0.15, 0.2) is 16.6 Å². The Morgan fingerprint density at radius 3 is 2.10 bits per heavy atom. The third-order valence-corrected chi connectivity index (χ3v) is 6.55. The van der Waals surface area contributed by atoms with Crippen molar-refractivity contribution in [1.29, 1.82) is 0 Å². The normalized spacial score (nSPS) is 11.1. The lowest BCUT2D eigenvalue weighted by atomic mass is 10.1. The third kappa shape index (κ3) is 4.28. The number of aryl methyl sites for hydroxylation is 1. The van der Waals surface area contributed by atoms with Gasteiger partial charge in [-0.05, 0) is 52.0 Å². The first kappa shape index (κ1) is 21.3. The van der Waals surface area contributed by atoms with E-state index in [1.807, 2.05) is 39.8 Å². The number of carbonyl (C=O) groups excluding carboxylic acids is 1. The lowest BCUT2D eigenvalue weighted by Gasteiger charge is -2.16. The molecular weight excluding hydrogens is 434 g/mol. The quantitative estimate of drug-likeness (QED) is 0.367. The molecule has 0 unspecified atom stereocenters. The molecule has 1 N–H and O–H groups in total. The molecular formula is C22H23N3O4S2. The predicted molar refractivity (Wildman–Crippen MR) is 125 cm³/mol. The highest BCUT2D eigenvalue weighted by molar-refractivity contribution is 7.28. The van der Waals surface area contributed by atoms with Crippen molar-refractivity contribution in [3.05, 3.63) is 34.8 Å². The number of ether oxygens (including phenoxy) is 3. The summed E-state index contributed by atoms with van der Waals surface area (Å²) in [5.41, 5.74) is 2.20. The summed E-state index contributed by atoms with van der Waals surface area (Å²) >= 11 is 3.07. The van der Waals surface area contributed by atoms with Gasteiger partial charge < -0.3 is 14.2 Å². The molecule has 0 spiro atoms. The van der Waals surface area contributed by atoms with E-state index >= 15 is 0 Å². The van der Waals surface area contributed by atoms with E-state index in [4.69, 9.17) is 14.2 Å². The van der Waals surface area contributed by atoms with Crippen LogP contribution in [0.5, 0.6) is 17.2 Å². The van der Waals surface area contributed by atoms with Crippen LogP contribution in [0.15, 0.2) is 24.3 Å². The molecule has 2 aromatic carbocycles. The monoisotopic (exact) mass is 457 g/mol. The van der Waals surface area contributed by atoms with E-state index in [1.165, 1.54) is 11.3 Å². The first-order valence-electron chi connectivity index (χ1n) is 10.1. The van der Waals surface area contributed by atoms with E-state index < -0.39 is 0 Å². The average Bonchev–Trinajstić information content (AvgIpc) is 3.32. The second-order valence-corrected chi connectivity index (χ2v) is 8.77. The molecule has 1 amide bonds. The van der Waals surface area contributed by atoms with Crippen molar-refractivity contribution >= 4 is 54.1 Å². The van der Waals surface area contributed by atoms with Crippen molar-refractivity contribution in [2.75, 3.05) is 25.1 Å². The number of nitrogens with zero attached hydrogens (tertiary/aromatic N) is 2. The number of rotatable bonds is 8. The maximum absolute atomic E-state index is 13.0. The number of benzene rings is 2. The van der Waals surface area contributed by atoms with Gasteiger partial charge in [0.1, 0.15) is 0 Å². The largest absolute Gasteiger partial charge is 0.490 e. The number of nitrogens with one attached hydrogen (secondary N) is 1. The van der Waals surface area contributed by atoms with Gasteiger partial charge in [-0.15, -0.1) is 11.3 Å². The highest BCUT2D eigenvalue weighted by Crippen LogP contribution is 2.40. The van der Waals surface area contributed by atoms with Crippen LogP contribution in [0.4, 0.5) is 5.13 Å². The Morgan fingerprint density at radius 2 is 1.48 bits per heavy atom. The Morgan fingerprint density at radius 1 is 0.903 bits per heavy atom. The summed E-state index contributed by atoms with van der Waals surface area (Å²) in [6.45, 7) is 8.98. The minimum atomic E-state index is -0.291. The molecule has 0 fully saturated rings. The van der Waals surface area contributed by atoms with Gasteiger partial charge >= 0.3 is 0 Å². The number of hydrogen-bond acceptors (Lipinski definition) is 8. The van der Waals surface area contributed by atoms with E-state index in [2.05, 4.69) is 15.3 Å². The van der Waals surface area contributed by atoms with Crippen LogP contribution >= 0.6 is 22.7 Å². The molecule has 0 saturated heterocycles. The van der Waals surface area contributed by atoms with Crippen molar-refractivity contribution < 1.29 is 19.0 Å². The number of amides is 1. The second-order valence-electron chi connectivity index (χ2n) is 6.57. The third-order valence-electron chi connectivity index (χ3n) is 4.41. The fourth-order valence-electron chi connectivity index (χ4n) is 3.23. The molecule has 0 saturated carbocycles. The van der Waals surface area contributed by atoms with Crippen molar-refractivity contribution in [3.8, 4) is 17.2 Å². The molecule has 4 rings (SSSR count). The SMILES string of the molecule is CCOc1cc(C(=O)Nc2nc3ccc4nc(C)sc4c3s2)cc(OCC)c1OCC. The second kappa shape index (κ2) is 9.07. The number of hydrogen-bond donors (Lipinski definition) is 1.